The van der Waals surface area contributed by atoms with Crippen LogP contribution in [0.15, 0.2) is 60.0 Å². The number of hydrogen-bond donors (Lipinski definition) is 0. The van der Waals surface area contributed by atoms with E-state index in [1.54, 1.807) is 47.6 Å². The first-order chi connectivity index (χ1) is 17.9. The van der Waals surface area contributed by atoms with Gasteiger partial charge in [0, 0.05) is 28.6 Å². The summed E-state index contributed by atoms with van der Waals surface area (Å²) >= 11 is 7.86. The van der Waals surface area contributed by atoms with Gasteiger partial charge >= 0.3 is 0 Å². The molecule has 0 N–H and O–H groups in total. The number of fused-ring (bicyclic) bond motifs is 1. The first kappa shape index (κ1) is 27.0. The molecule has 2 heterocycles. The molecule has 0 radical (unpaired) electrons. The average Bonchev–Trinajstić information content (AvgIpc) is 3.40. The van der Waals surface area contributed by atoms with Crippen LogP contribution in [0.4, 0.5) is 0 Å². The van der Waals surface area contributed by atoms with Crippen LogP contribution in [0.1, 0.15) is 47.1 Å². The lowest BCUT2D eigenvalue weighted by Gasteiger charge is -2.37. The highest BCUT2D eigenvalue weighted by Gasteiger charge is 2.34. The Balaban J connectivity index is 1.56. The van der Waals surface area contributed by atoms with E-state index < -0.39 is 0 Å². The summed E-state index contributed by atoms with van der Waals surface area (Å²) in [5, 5.41) is 2.56. The molecule has 8 heteroatoms. The van der Waals surface area contributed by atoms with Crippen LogP contribution in [0.3, 0.4) is 0 Å². The summed E-state index contributed by atoms with van der Waals surface area (Å²) in [6.45, 7) is 5.54. The van der Waals surface area contributed by atoms with Gasteiger partial charge in [0.15, 0.2) is 11.5 Å². The highest BCUT2D eigenvalue weighted by Crippen LogP contribution is 2.35. The summed E-state index contributed by atoms with van der Waals surface area (Å²) in [6, 6.07) is 16.2. The minimum atomic E-state index is -0.251. The van der Waals surface area contributed by atoms with Gasteiger partial charge in [0.25, 0.3) is 5.91 Å². The molecule has 3 aromatic rings. The second-order valence-corrected chi connectivity index (χ2v) is 10.8. The highest BCUT2D eigenvalue weighted by atomic mass is 35.5. The molecule has 37 heavy (non-hydrogen) atoms. The highest BCUT2D eigenvalue weighted by molar-refractivity contribution is 7.10. The Labute approximate surface area is 227 Å². The van der Waals surface area contributed by atoms with Crippen molar-refractivity contribution >= 4 is 34.8 Å². The number of carbonyl (C=O) groups excluding carboxylic acids is 2. The Bertz CT molecular complexity index is 1230. The van der Waals surface area contributed by atoms with Crippen LogP contribution in [-0.2, 0) is 11.2 Å². The van der Waals surface area contributed by atoms with Gasteiger partial charge in [0.05, 0.1) is 13.2 Å². The first-order valence-electron chi connectivity index (χ1n) is 12.6. The van der Waals surface area contributed by atoms with E-state index in [1.165, 1.54) is 4.88 Å². The van der Waals surface area contributed by atoms with Crippen LogP contribution in [0, 0.1) is 5.92 Å². The van der Waals surface area contributed by atoms with E-state index in [0.29, 0.717) is 41.8 Å². The Morgan fingerprint density at radius 2 is 1.95 bits per heavy atom. The number of ether oxygens (including phenoxy) is 2. The fourth-order valence-electron chi connectivity index (χ4n) is 4.56. The zero-order chi connectivity index (χ0) is 26.4. The van der Waals surface area contributed by atoms with E-state index in [0.717, 1.165) is 18.4 Å². The van der Waals surface area contributed by atoms with Crippen molar-refractivity contribution < 1.29 is 19.1 Å². The van der Waals surface area contributed by atoms with Crippen molar-refractivity contribution in [2.24, 2.45) is 5.92 Å². The topological polar surface area (TPSA) is 59.1 Å². The second-order valence-electron chi connectivity index (χ2n) is 9.32. The molecule has 4 rings (SSSR count). The second kappa shape index (κ2) is 12.5. The normalized spacial score (nSPS) is 15.6. The van der Waals surface area contributed by atoms with Gasteiger partial charge in [-0.15, -0.1) is 11.3 Å². The third-order valence-electron chi connectivity index (χ3n) is 6.79. The van der Waals surface area contributed by atoms with Crippen molar-refractivity contribution in [1.29, 1.82) is 0 Å². The van der Waals surface area contributed by atoms with Crippen LogP contribution < -0.4 is 9.47 Å². The molecule has 1 aliphatic heterocycles. The maximum Gasteiger partial charge on any atom is 0.254 e. The third kappa shape index (κ3) is 6.46. The SMILES string of the molecule is CC[C@@H](C)CN(CC(=O)N1CCc2sccc2[C@H]1COc1ccccc1OC)C(=O)c1cccc(Cl)c1. The minimum Gasteiger partial charge on any atom is -0.493 e. The van der Waals surface area contributed by atoms with E-state index in [1.807, 2.05) is 29.2 Å². The molecule has 1 aliphatic rings. The van der Waals surface area contributed by atoms with Gasteiger partial charge in [-0.3, -0.25) is 9.59 Å². The van der Waals surface area contributed by atoms with Crippen molar-refractivity contribution in [3.05, 3.63) is 81.0 Å². The van der Waals surface area contributed by atoms with Gasteiger partial charge in [-0.1, -0.05) is 50.1 Å². The maximum atomic E-state index is 13.8. The van der Waals surface area contributed by atoms with Crippen molar-refractivity contribution in [3.63, 3.8) is 0 Å². The number of nitrogens with zero attached hydrogens (tertiary/aromatic N) is 2. The molecule has 0 saturated heterocycles. The largest absolute Gasteiger partial charge is 0.493 e. The smallest absolute Gasteiger partial charge is 0.254 e. The summed E-state index contributed by atoms with van der Waals surface area (Å²) in [7, 11) is 1.61. The molecule has 1 aromatic heterocycles. The number of methoxy groups -OCH3 is 1. The van der Waals surface area contributed by atoms with Gasteiger partial charge in [0.2, 0.25) is 5.91 Å². The maximum absolute atomic E-state index is 13.8. The summed E-state index contributed by atoms with van der Waals surface area (Å²) in [5.74, 6) is 1.25. The van der Waals surface area contributed by atoms with Crippen molar-refractivity contribution in [2.75, 3.05) is 33.4 Å². The van der Waals surface area contributed by atoms with Crippen molar-refractivity contribution in [1.82, 2.24) is 9.80 Å². The molecule has 196 valence electrons. The molecule has 6 nitrogen and oxygen atoms in total. The van der Waals surface area contributed by atoms with E-state index in [-0.39, 0.29) is 30.3 Å². The Morgan fingerprint density at radius 1 is 1.16 bits per heavy atom. The van der Waals surface area contributed by atoms with Gasteiger partial charge < -0.3 is 19.3 Å². The lowest BCUT2D eigenvalue weighted by Crippen LogP contribution is -2.48. The molecule has 0 aliphatic carbocycles. The van der Waals surface area contributed by atoms with Crippen molar-refractivity contribution in [2.45, 2.75) is 32.7 Å². The predicted molar refractivity (Wildman–Crippen MR) is 148 cm³/mol. The fraction of sp³-hybridized carbons (Fsp3) is 0.379. The minimum absolute atomic E-state index is 0.000313. The Morgan fingerprint density at radius 3 is 2.68 bits per heavy atom. The number of carbonyl (C=O) groups is 2. The van der Waals surface area contributed by atoms with Gasteiger partial charge in [-0.25, -0.2) is 0 Å². The quantitative estimate of drug-likeness (QED) is 0.311. The van der Waals surface area contributed by atoms with Crippen LogP contribution in [0.2, 0.25) is 5.02 Å². The molecule has 0 unspecified atom stereocenters. The molecule has 0 saturated carbocycles. The van der Waals surface area contributed by atoms with E-state index in [9.17, 15) is 9.59 Å². The molecule has 2 amide bonds. The molecular weight excluding hydrogens is 508 g/mol. The lowest BCUT2D eigenvalue weighted by molar-refractivity contribution is -0.135. The lowest BCUT2D eigenvalue weighted by atomic mass is 10.00. The number of benzene rings is 2. The number of thiophene rings is 1. The van der Waals surface area contributed by atoms with Gasteiger partial charge in [-0.2, -0.15) is 0 Å². The van der Waals surface area contributed by atoms with E-state index in [2.05, 4.69) is 25.3 Å². The summed E-state index contributed by atoms with van der Waals surface area (Å²) in [5.41, 5.74) is 1.59. The molecule has 0 fully saturated rings. The standard InChI is InChI=1S/C29H33ClN2O4S/c1-4-20(2)17-31(29(34)21-8-7-9-22(30)16-21)18-28(33)32-14-12-27-23(13-15-37-27)24(32)19-36-26-11-6-5-10-25(26)35-3/h5-11,13,15-16,20,24H,4,12,14,17-19H2,1-3H3/t20-,24-/m1/s1. The van der Waals surface area contributed by atoms with Gasteiger partial charge in [-0.05, 0) is 59.7 Å². The number of para-hydroxylation sites is 2. The monoisotopic (exact) mass is 540 g/mol. The number of amides is 2. The molecule has 2 aromatic carbocycles. The molecule has 2 atom stereocenters. The number of rotatable bonds is 10. The third-order valence-corrected chi connectivity index (χ3v) is 8.03. The van der Waals surface area contributed by atoms with E-state index >= 15 is 0 Å². The summed E-state index contributed by atoms with van der Waals surface area (Å²) < 4.78 is 11.6. The Kier molecular flexibility index (Phi) is 9.11. The summed E-state index contributed by atoms with van der Waals surface area (Å²) in [4.78, 5) is 32.0. The first-order valence-corrected chi connectivity index (χ1v) is 13.8. The molecular formula is C29H33ClN2O4S. The summed E-state index contributed by atoms with van der Waals surface area (Å²) in [6.07, 6.45) is 1.70. The fourth-order valence-corrected chi connectivity index (χ4v) is 5.68. The zero-order valence-corrected chi connectivity index (χ0v) is 23.1. The van der Waals surface area contributed by atoms with Crippen molar-refractivity contribution in [3.8, 4) is 11.5 Å². The molecule has 0 spiro atoms. The van der Waals surface area contributed by atoms with Crippen LogP contribution in [0.25, 0.3) is 0 Å². The number of halogens is 1. The van der Waals surface area contributed by atoms with Crippen LogP contribution in [-0.4, -0.2) is 55.0 Å². The van der Waals surface area contributed by atoms with Crippen LogP contribution >= 0.6 is 22.9 Å². The predicted octanol–water partition coefficient (Wildman–Crippen LogP) is 6.10. The average molecular weight is 541 g/mol. The zero-order valence-electron chi connectivity index (χ0n) is 21.5. The van der Waals surface area contributed by atoms with Gasteiger partial charge in [0.1, 0.15) is 13.2 Å². The van der Waals surface area contributed by atoms with E-state index in [4.69, 9.17) is 21.1 Å². The number of hydrogen-bond acceptors (Lipinski definition) is 5. The Hall–Kier alpha value is -3.03. The molecule has 0 bridgehead atoms. The van der Waals surface area contributed by atoms with Crippen LogP contribution in [0.5, 0.6) is 11.5 Å².